The zero-order chi connectivity index (χ0) is 9.40. The lowest BCUT2D eigenvalue weighted by Gasteiger charge is -2.07. The molecule has 0 aliphatic carbocycles. The number of esters is 1. The SMILES string of the molecule is C/C=C(\NCCC)C(=O)OCC. The summed E-state index contributed by atoms with van der Waals surface area (Å²) >= 11 is 0. The van der Waals surface area contributed by atoms with Crippen LogP contribution in [0.4, 0.5) is 0 Å². The molecule has 0 aromatic carbocycles. The number of nitrogens with one attached hydrogen (secondary N) is 1. The van der Waals surface area contributed by atoms with Crippen LogP contribution in [0, 0.1) is 0 Å². The van der Waals surface area contributed by atoms with Gasteiger partial charge < -0.3 is 10.1 Å². The smallest absolute Gasteiger partial charge is 0.354 e. The van der Waals surface area contributed by atoms with Crippen LogP contribution < -0.4 is 5.32 Å². The van der Waals surface area contributed by atoms with Gasteiger partial charge in [0.2, 0.25) is 0 Å². The van der Waals surface area contributed by atoms with Crippen LogP contribution in [0.2, 0.25) is 0 Å². The highest BCUT2D eigenvalue weighted by molar-refractivity contribution is 5.87. The Balaban J connectivity index is 3.90. The van der Waals surface area contributed by atoms with Crippen molar-refractivity contribution in [2.45, 2.75) is 27.2 Å². The van der Waals surface area contributed by atoms with Crippen LogP contribution >= 0.6 is 0 Å². The Kier molecular flexibility index (Phi) is 6.15. The Morgan fingerprint density at radius 1 is 1.50 bits per heavy atom. The topological polar surface area (TPSA) is 38.3 Å². The average Bonchev–Trinajstić information content (AvgIpc) is 2.06. The van der Waals surface area contributed by atoms with Crippen molar-refractivity contribution in [3.05, 3.63) is 11.8 Å². The standard InChI is InChI=1S/C9H17NO2/c1-4-7-10-8(5-2)9(11)12-6-3/h5,10H,4,6-7H2,1-3H3/b8-5-. The molecule has 0 aromatic rings. The van der Waals surface area contributed by atoms with Gasteiger partial charge in [-0.1, -0.05) is 13.0 Å². The Labute approximate surface area is 73.8 Å². The third-order valence-corrected chi connectivity index (χ3v) is 1.35. The van der Waals surface area contributed by atoms with E-state index in [1.165, 1.54) is 0 Å². The lowest BCUT2D eigenvalue weighted by molar-refractivity contribution is -0.138. The Hall–Kier alpha value is -0.990. The Morgan fingerprint density at radius 3 is 2.58 bits per heavy atom. The minimum atomic E-state index is -0.270. The molecule has 0 saturated carbocycles. The van der Waals surface area contributed by atoms with Crippen LogP contribution in [0.15, 0.2) is 11.8 Å². The fourth-order valence-electron chi connectivity index (χ4n) is 0.761. The summed E-state index contributed by atoms with van der Waals surface area (Å²) in [6.07, 6.45) is 2.73. The largest absolute Gasteiger partial charge is 0.461 e. The lowest BCUT2D eigenvalue weighted by atomic mass is 10.4. The van der Waals surface area contributed by atoms with E-state index in [0.29, 0.717) is 12.3 Å². The van der Waals surface area contributed by atoms with Crippen LogP contribution in [-0.2, 0) is 9.53 Å². The summed E-state index contributed by atoms with van der Waals surface area (Å²) < 4.78 is 4.82. The van der Waals surface area contributed by atoms with E-state index in [4.69, 9.17) is 4.74 Å². The number of hydrogen-bond donors (Lipinski definition) is 1. The van der Waals surface area contributed by atoms with Crippen molar-refractivity contribution < 1.29 is 9.53 Å². The van der Waals surface area contributed by atoms with Gasteiger partial charge in [-0.15, -0.1) is 0 Å². The molecule has 3 heteroatoms. The van der Waals surface area contributed by atoms with Crippen LogP contribution in [0.3, 0.4) is 0 Å². The summed E-state index contributed by atoms with van der Waals surface area (Å²) in [7, 11) is 0. The van der Waals surface area contributed by atoms with Gasteiger partial charge in [-0.05, 0) is 20.3 Å². The molecule has 0 bridgehead atoms. The van der Waals surface area contributed by atoms with Crippen molar-refractivity contribution >= 4 is 5.97 Å². The van der Waals surface area contributed by atoms with Gasteiger partial charge in [0.15, 0.2) is 0 Å². The van der Waals surface area contributed by atoms with Gasteiger partial charge in [-0.2, -0.15) is 0 Å². The average molecular weight is 171 g/mol. The minimum Gasteiger partial charge on any atom is -0.461 e. The van der Waals surface area contributed by atoms with E-state index in [9.17, 15) is 4.79 Å². The highest BCUT2D eigenvalue weighted by Crippen LogP contribution is 1.93. The van der Waals surface area contributed by atoms with Gasteiger partial charge in [0.05, 0.1) is 6.61 Å². The first kappa shape index (κ1) is 11.0. The molecule has 0 aromatic heterocycles. The summed E-state index contributed by atoms with van der Waals surface area (Å²) in [5.41, 5.74) is 0.554. The van der Waals surface area contributed by atoms with Crippen molar-refractivity contribution in [2.75, 3.05) is 13.2 Å². The van der Waals surface area contributed by atoms with E-state index in [2.05, 4.69) is 5.32 Å². The number of hydrogen-bond acceptors (Lipinski definition) is 3. The first-order valence-corrected chi connectivity index (χ1v) is 4.33. The van der Waals surface area contributed by atoms with Gasteiger partial charge in [-0.3, -0.25) is 0 Å². The number of allylic oxidation sites excluding steroid dienone is 1. The van der Waals surface area contributed by atoms with Crippen molar-refractivity contribution in [3.63, 3.8) is 0 Å². The van der Waals surface area contributed by atoms with Crippen LogP contribution in [0.1, 0.15) is 27.2 Å². The molecule has 0 heterocycles. The lowest BCUT2D eigenvalue weighted by Crippen LogP contribution is -2.22. The number of carbonyl (C=O) groups excluding carboxylic acids is 1. The Bertz CT molecular complexity index is 164. The second-order valence-electron chi connectivity index (χ2n) is 2.35. The van der Waals surface area contributed by atoms with E-state index in [1.54, 1.807) is 13.0 Å². The maximum Gasteiger partial charge on any atom is 0.354 e. The third kappa shape index (κ3) is 4.01. The van der Waals surface area contributed by atoms with Crippen molar-refractivity contribution in [1.29, 1.82) is 0 Å². The summed E-state index contributed by atoms with van der Waals surface area (Å²) in [6, 6.07) is 0. The normalized spacial score (nSPS) is 11.1. The van der Waals surface area contributed by atoms with Crippen molar-refractivity contribution in [1.82, 2.24) is 5.32 Å². The molecular formula is C9H17NO2. The molecule has 0 aliphatic rings. The summed E-state index contributed by atoms with van der Waals surface area (Å²) in [5, 5.41) is 2.99. The van der Waals surface area contributed by atoms with Gasteiger partial charge in [0.1, 0.15) is 5.70 Å². The van der Waals surface area contributed by atoms with E-state index in [0.717, 1.165) is 13.0 Å². The quantitative estimate of drug-likeness (QED) is 0.502. The van der Waals surface area contributed by atoms with Crippen LogP contribution in [-0.4, -0.2) is 19.1 Å². The maximum atomic E-state index is 11.1. The molecule has 0 saturated heterocycles. The predicted octanol–water partition coefficient (Wildman–Crippen LogP) is 1.45. The second kappa shape index (κ2) is 6.70. The molecule has 0 amide bonds. The van der Waals surface area contributed by atoms with E-state index >= 15 is 0 Å². The molecule has 1 N–H and O–H groups in total. The molecule has 0 rings (SSSR count). The Morgan fingerprint density at radius 2 is 2.17 bits per heavy atom. The zero-order valence-electron chi connectivity index (χ0n) is 8.02. The molecule has 0 spiro atoms. The highest BCUT2D eigenvalue weighted by atomic mass is 16.5. The van der Waals surface area contributed by atoms with Gasteiger partial charge in [-0.25, -0.2) is 4.79 Å². The predicted molar refractivity (Wildman–Crippen MR) is 48.7 cm³/mol. The van der Waals surface area contributed by atoms with E-state index in [-0.39, 0.29) is 5.97 Å². The van der Waals surface area contributed by atoms with Crippen LogP contribution in [0.25, 0.3) is 0 Å². The van der Waals surface area contributed by atoms with Gasteiger partial charge in [0.25, 0.3) is 0 Å². The molecule has 0 fully saturated rings. The van der Waals surface area contributed by atoms with Crippen LogP contribution in [0.5, 0.6) is 0 Å². The molecule has 0 unspecified atom stereocenters. The van der Waals surface area contributed by atoms with E-state index in [1.807, 2.05) is 13.8 Å². The first-order valence-electron chi connectivity index (χ1n) is 4.33. The van der Waals surface area contributed by atoms with Crippen molar-refractivity contribution in [3.8, 4) is 0 Å². The monoisotopic (exact) mass is 171 g/mol. The molecule has 0 atom stereocenters. The molecule has 12 heavy (non-hydrogen) atoms. The first-order chi connectivity index (χ1) is 5.76. The molecular weight excluding hydrogens is 154 g/mol. The minimum absolute atomic E-state index is 0.270. The fraction of sp³-hybridized carbons (Fsp3) is 0.667. The number of rotatable bonds is 5. The molecule has 3 nitrogen and oxygen atoms in total. The highest BCUT2D eigenvalue weighted by Gasteiger charge is 2.06. The third-order valence-electron chi connectivity index (χ3n) is 1.35. The van der Waals surface area contributed by atoms with Crippen molar-refractivity contribution in [2.24, 2.45) is 0 Å². The van der Waals surface area contributed by atoms with Gasteiger partial charge in [0, 0.05) is 6.54 Å². The zero-order valence-corrected chi connectivity index (χ0v) is 8.02. The second-order valence-corrected chi connectivity index (χ2v) is 2.35. The maximum absolute atomic E-state index is 11.1. The number of carbonyl (C=O) groups is 1. The van der Waals surface area contributed by atoms with Gasteiger partial charge >= 0.3 is 5.97 Å². The van der Waals surface area contributed by atoms with E-state index < -0.39 is 0 Å². The molecule has 0 aliphatic heterocycles. The number of ether oxygens (including phenoxy) is 1. The summed E-state index contributed by atoms with van der Waals surface area (Å²) in [4.78, 5) is 11.1. The molecule has 70 valence electrons. The summed E-state index contributed by atoms with van der Waals surface area (Å²) in [5.74, 6) is -0.270. The molecule has 0 radical (unpaired) electrons. The fourth-order valence-corrected chi connectivity index (χ4v) is 0.761. The summed E-state index contributed by atoms with van der Waals surface area (Å²) in [6.45, 7) is 6.88.